The van der Waals surface area contributed by atoms with Crippen molar-refractivity contribution in [1.82, 2.24) is 14.8 Å². The van der Waals surface area contributed by atoms with Crippen molar-refractivity contribution in [3.63, 3.8) is 0 Å². The highest BCUT2D eigenvalue weighted by Gasteiger charge is 2.16. The second-order valence-electron chi connectivity index (χ2n) is 6.60. The highest BCUT2D eigenvalue weighted by molar-refractivity contribution is 6.30. The minimum atomic E-state index is 0.598. The third-order valence-electron chi connectivity index (χ3n) is 4.60. The minimum absolute atomic E-state index is 0.598. The Morgan fingerprint density at radius 3 is 2.45 bits per heavy atom. The highest BCUT2D eigenvalue weighted by Crippen LogP contribution is 2.39. The van der Waals surface area contributed by atoms with Crippen molar-refractivity contribution < 1.29 is 14.2 Å². The molecule has 29 heavy (non-hydrogen) atoms. The number of rotatable bonds is 9. The van der Waals surface area contributed by atoms with Gasteiger partial charge in [-0.2, -0.15) is 0 Å². The Hall–Kier alpha value is -2.54. The average Bonchev–Trinajstić information content (AvgIpc) is 3.02. The summed E-state index contributed by atoms with van der Waals surface area (Å²) in [6.07, 6.45) is 2.61. The van der Waals surface area contributed by atoms with Crippen LogP contribution < -0.4 is 19.5 Å². The summed E-state index contributed by atoms with van der Waals surface area (Å²) in [5.41, 5.74) is 2.13. The van der Waals surface area contributed by atoms with E-state index in [1.54, 1.807) is 21.3 Å². The zero-order valence-corrected chi connectivity index (χ0v) is 18.8. The Morgan fingerprint density at radius 1 is 1.17 bits per heavy atom. The van der Waals surface area contributed by atoms with Gasteiger partial charge in [0.05, 0.1) is 32.9 Å². The number of nitrogens with zero attached hydrogens (tertiary/aromatic N) is 3. The largest absolute Gasteiger partial charge is 0.493 e. The van der Waals surface area contributed by atoms with E-state index in [1.165, 1.54) is 0 Å². The molecule has 0 aliphatic carbocycles. The van der Waals surface area contributed by atoms with Gasteiger partial charge in [0.15, 0.2) is 17.5 Å². The number of aromatic nitrogens is 1. The van der Waals surface area contributed by atoms with Crippen LogP contribution in [-0.4, -0.2) is 56.9 Å². The van der Waals surface area contributed by atoms with Crippen molar-refractivity contribution in [3.05, 3.63) is 40.7 Å². The van der Waals surface area contributed by atoms with Crippen LogP contribution in [0.3, 0.4) is 0 Å². The molecule has 0 unspecified atom stereocenters. The lowest BCUT2D eigenvalue weighted by Crippen LogP contribution is -2.39. The minimum Gasteiger partial charge on any atom is -0.493 e. The van der Waals surface area contributed by atoms with Crippen LogP contribution in [-0.2, 0) is 20.0 Å². The summed E-state index contributed by atoms with van der Waals surface area (Å²) in [7, 11) is 8.85. The molecule has 1 N–H and O–H groups in total. The lowest BCUT2D eigenvalue weighted by Gasteiger charge is -2.22. The molecular formula is C21H31ClN4O3. The molecule has 0 aliphatic rings. The number of methoxy groups -OCH3 is 3. The smallest absolute Gasteiger partial charge is 0.203 e. The van der Waals surface area contributed by atoms with Crippen LogP contribution in [0.4, 0.5) is 0 Å². The number of guanidine groups is 1. The molecule has 2 rings (SSSR count). The molecule has 0 aliphatic heterocycles. The summed E-state index contributed by atoms with van der Waals surface area (Å²) < 4.78 is 18.4. The van der Waals surface area contributed by atoms with Crippen molar-refractivity contribution in [2.24, 2.45) is 12.0 Å². The molecule has 1 aromatic heterocycles. The van der Waals surface area contributed by atoms with Gasteiger partial charge in [0.2, 0.25) is 5.75 Å². The molecule has 1 heterocycles. The van der Waals surface area contributed by atoms with E-state index in [9.17, 15) is 0 Å². The fourth-order valence-corrected chi connectivity index (χ4v) is 3.43. The Labute approximate surface area is 178 Å². The highest BCUT2D eigenvalue weighted by atomic mass is 35.5. The van der Waals surface area contributed by atoms with Gasteiger partial charge in [-0.05, 0) is 25.5 Å². The lowest BCUT2D eigenvalue weighted by atomic mass is 10.1. The topological polar surface area (TPSA) is 60.3 Å². The van der Waals surface area contributed by atoms with Crippen molar-refractivity contribution in [2.45, 2.75) is 19.9 Å². The summed E-state index contributed by atoms with van der Waals surface area (Å²) in [6.45, 7) is 4.15. The Bertz CT molecular complexity index is 836. The summed E-state index contributed by atoms with van der Waals surface area (Å²) in [4.78, 5) is 6.86. The normalized spacial score (nSPS) is 11.3. The second-order valence-corrected chi connectivity index (χ2v) is 7.03. The molecule has 8 heteroatoms. The summed E-state index contributed by atoms with van der Waals surface area (Å²) in [5, 5.41) is 4.08. The van der Waals surface area contributed by atoms with Gasteiger partial charge in [0.1, 0.15) is 0 Å². The van der Waals surface area contributed by atoms with Crippen molar-refractivity contribution in [3.8, 4) is 17.2 Å². The molecule has 0 radical (unpaired) electrons. The van der Waals surface area contributed by atoms with E-state index >= 15 is 0 Å². The van der Waals surface area contributed by atoms with Crippen molar-refractivity contribution in [1.29, 1.82) is 0 Å². The number of ether oxygens (including phenoxy) is 3. The van der Waals surface area contributed by atoms with E-state index in [0.717, 1.165) is 28.8 Å². The van der Waals surface area contributed by atoms with Gasteiger partial charge in [-0.15, -0.1) is 0 Å². The molecule has 0 saturated carbocycles. The molecular weight excluding hydrogens is 392 g/mol. The van der Waals surface area contributed by atoms with Gasteiger partial charge in [0, 0.05) is 44.6 Å². The number of halogens is 1. The fraction of sp³-hybridized carbons (Fsp3) is 0.476. The van der Waals surface area contributed by atoms with Crippen molar-refractivity contribution in [2.75, 3.05) is 41.5 Å². The molecule has 0 fully saturated rings. The number of aryl methyl sites for hydroxylation is 1. The van der Waals surface area contributed by atoms with Crippen LogP contribution in [0.5, 0.6) is 17.2 Å². The molecule has 0 bridgehead atoms. The molecule has 1 aromatic carbocycles. The zero-order chi connectivity index (χ0) is 21.4. The number of hydrogen-bond acceptors (Lipinski definition) is 4. The number of nitrogens with one attached hydrogen (secondary N) is 1. The predicted octanol–water partition coefficient (Wildman–Crippen LogP) is 3.34. The standard InChI is InChI=1S/C21H31ClN4O3/c1-7-23-21(26(3)14-17-12-16(22)13-25(17)2)24-11-10-15-8-9-18(27-4)20(29-6)19(15)28-5/h8-9,12-13H,7,10-11,14H2,1-6H3,(H,23,24). The second kappa shape index (κ2) is 10.9. The first-order chi connectivity index (χ1) is 13.9. The number of benzene rings is 1. The van der Waals surface area contributed by atoms with E-state index in [1.807, 2.05) is 43.1 Å². The summed E-state index contributed by atoms with van der Waals surface area (Å²) in [5.74, 6) is 2.76. The Balaban J connectivity index is 2.13. The van der Waals surface area contributed by atoms with Gasteiger partial charge in [-0.1, -0.05) is 17.7 Å². The molecule has 2 aromatic rings. The van der Waals surface area contributed by atoms with Gasteiger partial charge in [0.25, 0.3) is 0 Å². The van der Waals surface area contributed by atoms with E-state index in [-0.39, 0.29) is 0 Å². The maximum Gasteiger partial charge on any atom is 0.203 e. The Kier molecular flexibility index (Phi) is 8.51. The third kappa shape index (κ3) is 5.73. The Morgan fingerprint density at radius 2 is 1.90 bits per heavy atom. The van der Waals surface area contributed by atoms with Crippen molar-refractivity contribution >= 4 is 17.6 Å². The van der Waals surface area contributed by atoms with Crippen LogP contribution in [0, 0.1) is 0 Å². The third-order valence-corrected chi connectivity index (χ3v) is 4.81. The first-order valence-corrected chi connectivity index (χ1v) is 9.90. The van der Waals surface area contributed by atoms with E-state index < -0.39 is 0 Å². The van der Waals surface area contributed by atoms with Gasteiger partial charge in [-0.25, -0.2) is 0 Å². The van der Waals surface area contributed by atoms with E-state index in [2.05, 4.69) is 17.1 Å². The first-order valence-electron chi connectivity index (χ1n) is 9.53. The number of aliphatic imine (C=N–C) groups is 1. The van der Waals surface area contributed by atoms with Gasteiger partial charge < -0.3 is 29.0 Å². The maximum atomic E-state index is 6.10. The predicted molar refractivity (Wildman–Crippen MR) is 118 cm³/mol. The SMILES string of the molecule is CCNC(=NCCc1ccc(OC)c(OC)c1OC)N(C)Cc1cc(Cl)cn1C. The first kappa shape index (κ1) is 22.7. The molecule has 0 spiro atoms. The number of hydrogen-bond donors (Lipinski definition) is 1. The van der Waals surface area contributed by atoms with Crippen LogP contribution in [0.1, 0.15) is 18.2 Å². The molecule has 0 amide bonds. The van der Waals surface area contributed by atoms with Gasteiger partial charge in [-0.3, -0.25) is 4.99 Å². The monoisotopic (exact) mass is 422 g/mol. The average molecular weight is 423 g/mol. The summed E-state index contributed by atoms with van der Waals surface area (Å²) >= 11 is 6.10. The molecule has 160 valence electrons. The van der Waals surface area contributed by atoms with Crippen LogP contribution >= 0.6 is 11.6 Å². The van der Waals surface area contributed by atoms with Crippen LogP contribution in [0.2, 0.25) is 5.02 Å². The molecule has 0 saturated heterocycles. The zero-order valence-electron chi connectivity index (χ0n) is 18.1. The fourth-order valence-electron chi connectivity index (χ4n) is 3.15. The molecule has 0 atom stereocenters. The lowest BCUT2D eigenvalue weighted by molar-refractivity contribution is 0.322. The molecule has 7 nitrogen and oxygen atoms in total. The van der Waals surface area contributed by atoms with E-state index in [0.29, 0.717) is 36.8 Å². The van der Waals surface area contributed by atoms with Crippen LogP contribution in [0.15, 0.2) is 29.4 Å². The van der Waals surface area contributed by atoms with Crippen LogP contribution in [0.25, 0.3) is 0 Å². The van der Waals surface area contributed by atoms with Gasteiger partial charge >= 0.3 is 0 Å². The maximum absolute atomic E-state index is 6.10. The van der Waals surface area contributed by atoms with E-state index in [4.69, 9.17) is 30.8 Å². The quantitative estimate of drug-likeness (QED) is 0.496. The summed E-state index contributed by atoms with van der Waals surface area (Å²) in [6, 6.07) is 5.84.